The zero-order valence-corrected chi connectivity index (χ0v) is 20.0. The van der Waals surface area contributed by atoms with Crippen molar-refractivity contribution in [3.63, 3.8) is 0 Å². The van der Waals surface area contributed by atoms with Gasteiger partial charge in [0.2, 0.25) is 0 Å². The highest BCUT2D eigenvalue weighted by Gasteiger charge is 2.25. The lowest BCUT2D eigenvalue weighted by Gasteiger charge is -2.22. The normalized spacial score (nSPS) is 15.5. The number of ether oxygens (including phenoxy) is 1. The summed E-state index contributed by atoms with van der Waals surface area (Å²) in [5, 5.41) is 13.1. The van der Waals surface area contributed by atoms with E-state index in [-0.39, 0.29) is 34.6 Å². The molecule has 1 saturated heterocycles. The fraction of sp³-hybridized carbons (Fsp3) is 0.261. The molecule has 1 aliphatic rings. The summed E-state index contributed by atoms with van der Waals surface area (Å²) in [7, 11) is 0. The number of hydrogen-bond donors (Lipinski definition) is 2. The number of benzene rings is 2. The molecule has 0 spiro atoms. The molecule has 0 saturated carbocycles. The van der Waals surface area contributed by atoms with Crippen molar-refractivity contribution in [2.24, 2.45) is 0 Å². The van der Waals surface area contributed by atoms with Crippen molar-refractivity contribution in [3.05, 3.63) is 90.4 Å². The molecule has 1 atom stereocenters. The second-order valence-electron chi connectivity index (χ2n) is 7.68. The molecule has 0 radical (unpaired) electrons. The molecular weight excluding hydrogens is 502 g/mol. The lowest BCUT2D eigenvalue weighted by molar-refractivity contribution is 0.0522. The Morgan fingerprint density at radius 3 is 2.69 bits per heavy atom. The number of nitrogens with one attached hydrogen (secondary N) is 1. The van der Waals surface area contributed by atoms with Gasteiger partial charge in [0.15, 0.2) is 6.35 Å². The van der Waals surface area contributed by atoms with Crippen molar-refractivity contribution in [1.82, 2.24) is 14.5 Å². The van der Waals surface area contributed by atoms with Crippen molar-refractivity contribution in [3.8, 4) is 5.69 Å². The topological polar surface area (TPSA) is 106 Å². The van der Waals surface area contributed by atoms with E-state index in [0.29, 0.717) is 18.7 Å². The Labute approximate surface area is 208 Å². The predicted molar refractivity (Wildman–Crippen MR) is 129 cm³/mol. The number of carbonyl (C=O) groups excluding carboxylic acids is 1. The molecule has 1 aliphatic heterocycles. The first kappa shape index (κ1) is 24.9. The SMILES string of the molecule is CCOC(=O)c1cn(-c2ccc(N3CCNC3O)c(F)c2)c(=O)n(Cc2cccc(Cl)c2Cl)c1=O. The monoisotopic (exact) mass is 522 g/mol. The first-order valence-electron chi connectivity index (χ1n) is 10.7. The van der Waals surface area contributed by atoms with E-state index in [1.165, 1.54) is 17.0 Å². The first-order valence-corrected chi connectivity index (χ1v) is 11.4. The van der Waals surface area contributed by atoms with Gasteiger partial charge in [-0.05, 0) is 30.7 Å². The second kappa shape index (κ2) is 10.2. The van der Waals surface area contributed by atoms with Gasteiger partial charge in [-0.2, -0.15) is 0 Å². The highest BCUT2D eigenvalue weighted by molar-refractivity contribution is 6.42. The summed E-state index contributed by atoms with van der Waals surface area (Å²) in [5.41, 5.74) is -1.55. The second-order valence-corrected chi connectivity index (χ2v) is 8.46. The highest BCUT2D eigenvalue weighted by atomic mass is 35.5. The predicted octanol–water partition coefficient (Wildman–Crippen LogP) is 2.36. The number of halogens is 3. The maximum atomic E-state index is 15.0. The van der Waals surface area contributed by atoms with Crippen LogP contribution in [0.3, 0.4) is 0 Å². The van der Waals surface area contributed by atoms with Gasteiger partial charge in [0.25, 0.3) is 5.56 Å². The number of aliphatic hydroxyl groups excluding tert-OH is 1. The summed E-state index contributed by atoms with van der Waals surface area (Å²) in [4.78, 5) is 40.3. The van der Waals surface area contributed by atoms with Gasteiger partial charge in [-0.1, -0.05) is 35.3 Å². The minimum atomic E-state index is -1.04. The number of rotatable bonds is 6. The van der Waals surface area contributed by atoms with E-state index in [1.807, 2.05) is 0 Å². The molecule has 3 aromatic rings. The Kier molecular flexibility index (Phi) is 7.27. The molecule has 35 heavy (non-hydrogen) atoms. The average molecular weight is 523 g/mol. The third kappa shape index (κ3) is 4.83. The molecular formula is C23H21Cl2FN4O5. The van der Waals surface area contributed by atoms with Crippen LogP contribution >= 0.6 is 23.2 Å². The van der Waals surface area contributed by atoms with Gasteiger partial charge in [0.05, 0.1) is 34.6 Å². The summed E-state index contributed by atoms with van der Waals surface area (Å²) in [6.07, 6.45) is -0.0164. The molecule has 0 amide bonds. The first-order chi connectivity index (χ1) is 16.7. The molecule has 9 nitrogen and oxygen atoms in total. The van der Waals surface area contributed by atoms with E-state index in [1.54, 1.807) is 25.1 Å². The van der Waals surface area contributed by atoms with E-state index in [4.69, 9.17) is 27.9 Å². The Morgan fingerprint density at radius 1 is 1.26 bits per heavy atom. The van der Waals surface area contributed by atoms with Crippen LogP contribution < -0.4 is 21.5 Å². The molecule has 184 valence electrons. The molecule has 1 fully saturated rings. The van der Waals surface area contributed by atoms with Crippen LogP contribution in [0.1, 0.15) is 22.8 Å². The van der Waals surface area contributed by atoms with Gasteiger partial charge < -0.3 is 14.7 Å². The smallest absolute Gasteiger partial charge is 0.345 e. The van der Waals surface area contributed by atoms with Crippen LogP contribution in [0, 0.1) is 5.82 Å². The maximum absolute atomic E-state index is 15.0. The minimum absolute atomic E-state index is 0.00699. The van der Waals surface area contributed by atoms with Crippen LogP contribution in [0.4, 0.5) is 10.1 Å². The molecule has 0 aliphatic carbocycles. The summed E-state index contributed by atoms with van der Waals surface area (Å²) in [5.74, 6) is -1.63. The third-order valence-corrected chi connectivity index (χ3v) is 6.38. The number of esters is 1. The highest BCUT2D eigenvalue weighted by Crippen LogP contribution is 2.26. The zero-order valence-electron chi connectivity index (χ0n) is 18.5. The fourth-order valence-corrected chi connectivity index (χ4v) is 4.17. The number of aliphatic hydroxyl groups is 1. The van der Waals surface area contributed by atoms with Crippen molar-refractivity contribution in [2.75, 3.05) is 24.6 Å². The Bertz CT molecular complexity index is 1410. The van der Waals surface area contributed by atoms with Crippen LogP contribution in [0.25, 0.3) is 5.69 Å². The van der Waals surface area contributed by atoms with E-state index in [9.17, 15) is 19.5 Å². The molecule has 2 aromatic carbocycles. The van der Waals surface area contributed by atoms with Crippen LogP contribution in [-0.2, 0) is 11.3 Å². The standard InChI is InChI=1S/C23H21Cl2FN4O5/c1-2-35-21(32)15-12-29(14-6-7-18(17(26)10-14)28-9-8-27-22(28)33)23(34)30(20(15)31)11-13-4-3-5-16(24)19(13)25/h3-7,10,12,22,27,33H,2,8-9,11H2,1H3. The molecule has 2 N–H and O–H groups in total. The molecule has 0 bridgehead atoms. The van der Waals surface area contributed by atoms with E-state index < -0.39 is 35.0 Å². The van der Waals surface area contributed by atoms with Crippen LogP contribution in [0.15, 0.2) is 52.2 Å². The number of carbonyl (C=O) groups is 1. The van der Waals surface area contributed by atoms with Gasteiger partial charge in [0, 0.05) is 25.4 Å². The lowest BCUT2D eigenvalue weighted by Crippen LogP contribution is -2.42. The molecule has 1 unspecified atom stereocenters. The van der Waals surface area contributed by atoms with E-state index in [0.717, 1.165) is 21.4 Å². The van der Waals surface area contributed by atoms with Crippen LogP contribution in [-0.4, -0.2) is 46.3 Å². The van der Waals surface area contributed by atoms with Gasteiger partial charge >= 0.3 is 11.7 Å². The number of nitrogens with zero attached hydrogens (tertiary/aromatic N) is 3. The minimum Gasteiger partial charge on any atom is -0.462 e. The molecule has 4 rings (SSSR count). The number of aromatic nitrogens is 2. The van der Waals surface area contributed by atoms with Crippen molar-refractivity contribution >= 4 is 34.9 Å². The molecule has 1 aromatic heterocycles. The largest absolute Gasteiger partial charge is 0.462 e. The van der Waals surface area contributed by atoms with Gasteiger partial charge in [-0.25, -0.2) is 14.0 Å². The summed E-state index contributed by atoms with van der Waals surface area (Å²) < 4.78 is 21.8. The van der Waals surface area contributed by atoms with Crippen LogP contribution in [0.2, 0.25) is 10.0 Å². The van der Waals surface area contributed by atoms with Crippen LogP contribution in [0.5, 0.6) is 0 Å². The Morgan fingerprint density at radius 2 is 2.03 bits per heavy atom. The fourth-order valence-electron chi connectivity index (χ4n) is 3.79. The number of anilines is 1. The van der Waals surface area contributed by atoms with E-state index >= 15 is 4.39 Å². The summed E-state index contributed by atoms with van der Waals surface area (Å²) >= 11 is 12.3. The number of hydrogen-bond acceptors (Lipinski definition) is 7. The lowest BCUT2D eigenvalue weighted by atomic mass is 10.2. The van der Waals surface area contributed by atoms with Crippen molar-refractivity contribution < 1.29 is 19.0 Å². The third-order valence-electron chi connectivity index (χ3n) is 5.52. The van der Waals surface area contributed by atoms with Gasteiger partial charge in [-0.15, -0.1) is 0 Å². The molecule has 2 heterocycles. The van der Waals surface area contributed by atoms with Crippen molar-refractivity contribution in [1.29, 1.82) is 0 Å². The zero-order chi connectivity index (χ0) is 25.3. The summed E-state index contributed by atoms with van der Waals surface area (Å²) in [6, 6.07) is 8.68. The quantitative estimate of drug-likeness (QED) is 0.478. The Balaban J connectivity index is 1.86. The van der Waals surface area contributed by atoms with E-state index in [2.05, 4.69) is 5.32 Å². The molecule has 12 heteroatoms. The van der Waals surface area contributed by atoms with Gasteiger partial charge in [0.1, 0.15) is 11.4 Å². The maximum Gasteiger partial charge on any atom is 0.345 e. The Hall–Kier alpha value is -3.18. The average Bonchev–Trinajstić information content (AvgIpc) is 3.25. The van der Waals surface area contributed by atoms with Gasteiger partial charge in [-0.3, -0.25) is 19.2 Å². The summed E-state index contributed by atoms with van der Waals surface area (Å²) in [6.45, 7) is 2.16. The van der Waals surface area contributed by atoms with Crippen molar-refractivity contribution in [2.45, 2.75) is 19.8 Å².